The number of halogens is 3. The minimum atomic E-state index is -4.52. The number of carbonyl (C=O) groups is 3. The Morgan fingerprint density at radius 3 is 2.21 bits per heavy atom. The summed E-state index contributed by atoms with van der Waals surface area (Å²) in [5.41, 5.74) is -0.390. The minimum Gasteiger partial charge on any atom is -0.495 e. The topological polar surface area (TPSA) is 93.7 Å². The Bertz CT molecular complexity index is 911. The van der Waals surface area contributed by atoms with Gasteiger partial charge in [0.1, 0.15) is 5.75 Å². The fourth-order valence-corrected chi connectivity index (χ4v) is 2.28. The van der Waals surface area contributed by atoms with Crippen LogP contribution < -0.4 is 15.4 Å². The Balaban J connectivity index is 1.99. The highest BCUT2D eigenvalue weighted by Crippen LogP contribution is 2.29. The number of anilines is 2. The predicted octanol–water partition coefficient (Wildman–Crippen LogP) is 3.47. The van der Waals surface area contributed by atoms with Gasteiger partial charge in [0.05, 0.1) is 23.9 Å². The lowest BCUT2D eigenvalue weighted by atomic mass is 10.1. The molecule has 0 unspecified atom stereocenters. The Kier molecular flexibility index (Phi) is 6.81. The first-order chi connectivity index (χ1) is 13.6. The fraction of sp³-hybridized carbons (Fsp3) is 0.211. The summed E-state index contributed by atoms with van der Waals surface area (Å²) in [5.74, 6) is -1.66. The Morgan fingerprint density at radius 2 is 1.66 bits per heavy atom. The van der Waals surface area contributed by atoms with Crippen LogP contribution in [0.25, 0.3) is 0 Å². The van der Waals surface area contributed by atoms with Gasteiger partial charge in [-0.25, -0.2) is 4.79 Å². The second kappa shape index (κ2) is 9.09. The van der Waals surface area contributed by atoms with Crippen molar-refractivity contribution in [1.29, 1.82) is 0 Å². The molecule has 7 nitrogen and oxygen atoms in total. The van der Waals surface area contributed by atoms with Crippen LogP contribution in [0.2, 0.25) is 0 Å². The van der Waals surface area contributed by atoms with E-state index < -0.39 is 30.2 Å². The van der Waals surface area contributed by atoms with Gasteiger partial charge in [-0.15, -0.1) is 0 Å². The van der Waals surface area contributed by atoms with Crippen LogP contribution in [-0.4, -0.2) is 31.5 Å². The lowest BCUT2D eigenvalue weighted by Gasteiger charge is -2.12. The number of hydrogen-bond acceptors (Lipinski definition) is 5. The molecule has 2 aromatic carbocycles. The molecule has 2 N–H and O–H groups in total. The summed E-state index contributed by atoms with van der Waals surface area (Å²) < 4.78 is 47.5. The molecule has 0 bridgehead atoms. The van der Waals surface area contributed by atoms with Crippen LogP contribution in [0.4, 0.5) is 24.5 Å². The number of rotatable bonds is 6. The van der Waals surface area contributed by atoms with Crippen LogP contribution in [-0.2, 0) is 20.5 Å². The maximum absolute atomic E-state index is 12.5. The highest BCUT2D eigenvalue weighted by molar-refractivity contribution is 5.97. The van der Waals surface area contributed by atoms with Crippen molar-refractivity contribution in [3.63, 3.8) is 0 Å². The lowest BCUT2D eigenvalue weighted by molar-refractivity contribution is -0.137. The second-order valence-electron chi connectivity index (χ2n) is 5.80. The van der Waals surface area contributed by atoms with Crippen LogP contribution in [0.5, 0.6) is 5.75 Å². The smallest absolute Gasteiger partial charge is 0.416 e. The van der Waals surface area contributed by atoms with Crippen molar-refractivity contribution >= 4 is 29.2 Å². The summed E-state index contributed by atoms with van der Waals surface area (Å²) in [6, 6.07) is 7.96. The van der Waals surface area contributed by atoms with Gasteiger partial charge in [0.25, 0.3) is 5.91 Å². The fourth-order valence-electron chi connectivity index (χ4n) is 2.28. The summed E-state index contributed by atoms with van der Waals surface area (Å²) in [6.45, 7) is 0.649. The summed E-state index contributed by atoms with van der Waals surface area (Å²) in [4.78, 5) is 35.1. The van der Waals surface area contributed by atoms with E-state index in [4.69, 9.17) is 9.47 Å². The first-order valence-electron chi connectivity index (χ1n) is 8.20. The zero-order valence-electron chi connectivity index (χ0n) is 15.4. The molecular weight excluding hydrogens is 393 g/mol. The molecule has 2 aromatic rings. The van der Waals surface area contributed by atoms with Crippen molar-refractivity contribution in [2.75, 3.05) is 24.4 Å². The van der Waals surface area contributed by atoms with Crippen LogP contribution in [0.1, 0.15) is 22.8 Å². The van der Waals surface area contributed by atoms with E-state index in [-0.39, 0.29) is 17.2 Å². The van der Waals surface area contributed by atoms with Gasteiger partial charge in [0.2, 0.25) is 5.91 Å². The standard InChI is InChI=1S/C19H17F3N2O5/c1-11(25)23-14-7-8-16(28-2)15(9-14)24-17(26)10-29-18(27)12-3-5-13(6-4-12)19(20,21)22/h3-9H,10H2,1-2H3,(H,23,25)(H,24,26). The molecule has 0 fully saturated rings. The Labute approximate surface area is 163 Å². The molecule has 0 saturated carbocycles. The van der Waals surface area contributed by atoms with E-state index in [9.17, 15) is 27.6 Å². The molecule has 0 saturated heterocycles. The van der Waals surface area contributed by atoms with Gasteiger partial charge in [-0.05, 0) is 42.5 Å². The molecule has 0 heterocycles. The highest BCUT2D eigenvalue weighted by Gasteiger charge is 2.30. The maximum Gasteiger partial charge on any atom is 0.416 e. The third-order valence-corrected chi connectivity index (χ3v) is 3.58. The number of benzene rings is 2. The molecule has 29 heavy (non-hydrogen) atoms. The first kappa shape index (κ1) is 21.7. The number of amides is 2. The predicted molar refractivity (Wildman–Crippen MR) is 97.7 cm³/mol. The quantitative estimate of drug-likeness (QED) is 0.712. The molecule has 0 aromatic heterocycles. The monoisotopic (exact) mass is 410 g/mol. The van der Waals surface area contributed by atoms with Crippen molar-refractivity contribution < 1.29 is 37.0 Å². The van der Waals surface area contributed by atoms with Gasteiger partial charge in [-0.1, -0.05) is 0 Å². The van der Waals surface area contributed by atoms with E-state index in [1.54, 1.807) is 6.07 Å². The van der Waals surface area contributed by atoms with E-state index in [1.165, 1.54) is 26.2 Å². The number of esters is 1. The zero-order valence-corrected chi connectivity index (χ0v) is 15.4. The minimum absolute atomic E-state index is 0.129. The summed E-state index contributed by atoms with van der Waals surface area (Å²) >= 11 is 0. The average molecular weight is 410 g/mol. The van der Waals surface area contributed by atoms with E-state index in [1.807, 2.05) is 0 Å². The molecule has 0 aliphatic rings. The SMILES string of the molecule is COc1ccc(NC(C)=O)cc1NC(=O)COC(=O)c1ccc(C(F)(F)F)cc1. The van der Waals surface area contributed by atoms with Crippen molar-refractivity contribution in [2.24, 2.45) is 0 Å². The van der Waals surface area contributed by atoms with Gasteiger partial charge >= 0.3 is 12.1 Å². The number of methoxy groups -OCH3 is 1. The van der Waals surface area contributed by atoms with E-state index in [2.05, 4.69) is 10.6 Å². The zero-order chi connectivity index (χ0) is 21.6. The van der Waals surface area contributed by atoms with Crippen LogP contribution in [0.15, 0.2) is 42.5 Å². The number of carbonyl (C=O) groups excluding carboxylic acids is 3. The first-order valence-corrected chi connectivity index (χ1v) is 8.20. The number of nitrogens with one attached hydrogen (secondary N) is 2. The second-order valence-corrected chi connectivity index (χ2v) is 5.80. The van der Waals surface area contributed by atoms with Gasteiger partial charge in [-0.2, -0.15) is 13.2 Å². The molecule has 2 rings (SSSR count). The van der Waals surface area contributed by atoms with Crippen molar-refractivity contribution in [1.82, 2.24) is 0 Å². The third-order valence-electron chi connectivity index (χ3n) is 3.58. The van der Waals surface area contributed by atoms with Crippen LogP contribution in [0, 0.1) is 0 Å². The summed E-state index contributed by atoms with van der Waals surface area (Å²) in [5, 5.41) is 5.02. The molecule has 2 amide bonds. The maximum atomic E-state index is 12.5. The summed E-state index contributed by atoms with van der Waals surface area (Å²) in [7, 11) is 1.38. The lowest BCUT2D eigenvalue weighted by Crippen LogP contribution is -2.21. The van der Waals surface area contributed by atoms with Gasteiger partial charge in [0, 0.05) is 12.6 Å². The average Bonchev–Trinajstić information content (AvgIpc) is 2.65. The van der Waals surface area contributed by atoms with E-state index in [0.717, 1.165) is 24.3 Å². The molecule has 0 aliphatic carbocycles. The molecule has 0 atom stereocenters. The van der Waals surface area contributed by atoms with Gasteiger partial charge in [-0.3, -0.25) is 9.59 Å². The molecule has 10 heteroatoms. The highest BCUT2D eigenvalue weighted by atomic mass is 19.4. The van der Waals surface area contributed by atoms with Crippen molar-refractivity contribution in [2.45, 2.75) is 13.1 Å². The van der Waals surface area contributed by atoms with E-state index in [0.29, 0.717) is 11.4 Å². The number of hydrogen-bond donors (Lipinski definition) is 2. The molecule has 0 radical (unpaired) electrons. The molecule has 0 aliphatic heterocycles. The molecular formula is C19H17F3N2O5. The van der Waals surface area contributed by atoms with Gasteiger partial charge < -0.3 is 20.1 Å². The van der Waals surface area contributed by atoms with Gasteiger partial charge in [0.15, 0.2) is 6.61 Å². The number of ether oxygens (including phenoxy) is 2. The third kappa shape index (κ3) is 6.23. The number of alkyl halides is 3. The van der Waals surface area contributed by atoms with Crippen LogP contribution >= 0.6 is 0 Å². The Morgan fingerprint density at radius 1 is 1.00 bits per heavy atom. The van der Waals surface area contributed by atoms with Crippen LogP contribution in [0.3, 0.4) is 0 Å². The van der Waals surface area contributed by atoms with Crippen molar-refractivity contribution in [3.05, 3.63) is 53.6 Å². The summed E-state index contributed by atoms with van der Waals surface area (Å²) in [6.07, 6.45) is -4.52. The largest absolute Gasteiger partial charge is 0.495 e. The molecule has 0 spiro atoms. The van der Waals surface area contributed by atoms with E-state index >= 15 is 0 Å². The Hall–Kier alpha value is -3.56. The molecule has 154 valence electrons. The van der Waals surface area contributed by atoms with Crippen molar-refractivity contribution in [3.8, 4) is 5.75 Å². The normalized spacial score (nSPS) is 10.8.